The Morgan fingerprint density at radius 3 is 1.32 bits per heavy atom. The molecule has 0 heterocycles. The predicted molar refractivity (Wildman–Crippen MR) is 121 cm³/mol. The number of nitrogens with two attached hydrogens (primary N) is 1. The van der Waals surface area contributed by atoms with Gasteiger partial charge in [-0.25, -0.2) is 0 Å². The summed E-state index contributed by atoms with van der Waals surface area (Å²) in [6.45, 7) is 8.18. The Bertz CT molecular complexity index is 622. The Balaban J connectivity index is 2.12. The zero-order valence-electron chi connectivity index (χ0n) is 20.0. The van der Waals surface area contributed by atoms with Gasteiger partial charge in [-0.2, -0.15) is 0 Å². The minimum absolute atomic E-state index is 0.0100. The fraction of sp³-hybridized carbons (Fsp3) is 0.920. The summed E-state index contributed by atoms with van der Waals surface area (Å²) in [5.74, 6) is -0.859. The van der Waals surface area contributed by atoms with Crippen LogP contribution in [0.25, 0.3) is 0 Å². The number of aliphatic hydroxyl groups is 2. The molecule has 0 spiro atoms. The molecule has 3 rings (SSSR count). The van der Waals surface area contributed by atoms with Crippen LogP contribution in [0, 0.1) is 17.3 Å². The molecule has 2 unspecified atom stereocenters. The molecule has 3 aliphatic rings. The molecular formula is C25H44N2O4. The number of carbonyl (C=O) groups excluding carboxylic acids is 2. The highest BCUT2D eigenvalue weighted by atomic mass is 16.3. The normalized spacial score (nSPS) is 26.3. The van der Waals surface area contributed by atoms with Crippen molar-refractivity contribution in [2.75, 3.05) is 0 Å². The highest BCUT2D eigenvalue weighted by molar-refractivity contribution is 6.07. The molecule has 6 nitrogen and oxygen atoms in total. The largest absolute Gasteiger partial charge is 0.388 e. The van der Waals surface area contributed by atoms with Crippen molar-refractivity contribution >= 4 is 11.8 Å². The lowest BCUT2D eigenvalue weighted by Gasteiger charge is -2.55. The summed E-state index contributed by atoms with van der Waals surface area (Å²) in [5.41, 5.74) is 2.55. The van der Waals surface area contributed by atoms with Crippen molar-refractivity contribution in [2.24, 2.45) is 23.0 Å². The molecule has 0 aliphatic heterocycles. The second kappa shape index (κ2) is 9.01. The molecule has 31 heavy (non-hydrogen) atoms. The van der Waals surface area contributed by atoms with E-state index in [0.717, 1.165) is 38.5 Å². The first-order valence-electron chi connectivity index (χ1n) is 12.6. The number of amides is 2. The topological polar surface area (TPSA) is 104 Å². The molecule has 0 saturated heterocycles. The summed E-state index contributed by atoms with van der Waals surface area (Å²) >= 11 is 0. The van der Waals surface area contributed by atoms with Crippen LogP contribution in [-0.4, -0.2) is 50.2 Å². The standard InChI is InChI=1S/C25H44N2O4/c1-17(2)19(24(30)11-7-5-8-12-24)27(22(29)23(15-16-23)21(26)28)20(18(3)4)25(31)13-9-6-10-14-25/h17-20,30-31H,5-16H2,1-4H3,(H2,26,28). The van der Waals surface area contributed by atoms with Crippen molar-refractivity contribution in [3.63, 3.8) is 0 Å². The molecule has 4 N–H and O–H groups in total. The molecule has 178 valence electrons. The van der Waals surface area contributed by atoms with E-state index < -0.39 is 34.6 Å². The van der Waals surface area contributed by atoms with Gasteiger partial charge in [-0.1, -0.05) is 66.2 Å². The van der Waals surface area contributed by atoms with E-state index in [9.17, 15) is 19.8 Å². The molecule has 3 saturated carbocycles. The van der Waals surface area contributed by atoms with Gasteiger partial charge in [0, 0.05) is 0 Å². The molecule has 0 aromatic rings. The Labute approximate surface area is 187 Å². The number of hydrogen-bond acceptors (Lipinski definition) is 4. The Morgan fingerprint density at radius 1 is 0.710 bits per heavy atom. The lowest BCUT2D eigenvalue weighted by Crippen LogP contribution is -2.69. The molecule has 6 heteroatoms. The predicted octanol–water partition coefficient (Wildman–Crippen LogP) is 3.52. The molecule has 0 bridgehead atoms. The van der Waals surface area contributed by atoms with Gasteiger partial charge in [-0.05, 0) is 50.4 Å². The average Bonchev–Trinajstić information content (AvgIpc) is 3.49. The molecule has 2 atom stereocenters. The SMILES string of the molecule is CC(C)C(N(C(=O)C1(C(N)=O)CC1)C(C(C)C)C1(O)CCCCC1)C1(O)CCCCC1. The lowest BCUT2D eigenvalue weighted by atomic mass is 9.70. The maximum atomic E-state index is 14.1. The third-order valence-electron chi connectivity index (χ3n) is 8.27. The van der Waals surface area contributed by atoms with Gasteiger partial charge < -0.3 is 20.8 Å². The van der Waals surface area contributed by atoms with E-state index in [4.69, 9.17) is 5.73 Å². The van der Waals surface area contributed by atoms with E-state index in [1.54, 1.807) is 4.90 Å². The molecule has 0 aromatic carbocycles. The fourth-order valence-corrected chi connectivity index (χ4v) is 6.68. The van der Waals surface area contributed by atoms with Crippen LogP contribution in [0.5, 0.6) is 0 Å². The van der Waals surface area contributed by atoms with Gasteiger partial charge in [0.05, 0.1) is 23.3 Å². The second-order valence-electron chi connectivity index (χ2n) is 11.4. The van der Waals surface area contributed by atoms with Gasteiger partial charge >= 0.3 is 0 Å². The number of hydrogen-bond donors (Lipinski definition) is 3. The molecule has 0 aromatic heterocycles. The summed E-state index contributed by atoms with van der Waals surface area (Å²) in [6.07, 6.45) is 9.40. The number of carbonyl (C=O) groups is 2. The Morgan fingerprint density at radius 2 is 1.06 bits per heavy atom. The molecule has 0 radical (unpaired) electrons. The van der Waals surface area contributed by atoms with Crippen molar-refractivity contribution in [1.82, 2.24) is 4.90 Å². The third kappa shape index (κ3) is 4.52. The van der Waals surface area contributed by atoms with Crippen LogP contribution >= 0.6 is 0 Å². The maximum Gasteiger partial charge on any atom is 0.238 e. The van der Waals surface area contributed by atoms with E-state index in [1.807, 2.05) is 27.7 Å². The van der Waals surface area contributed by atoms with Crippen molar-refractivity contribution in [2.45, 2.75) is 128 Å². The monoisotopic (exact) mass is 436 g/mol. The first-order valence-corrected chi connectivity index (χ1v) is 12.6. The van der Waals surface area contributed by atoms with Crippen LogP contribution in [0.4, 0.5) is 0 Å². The fourth-order valence-electron chi connectivity index (χ4n) is 6.68. The second-order valence-corrected chi connectivity index (χ2v) is 11.4. The lowest BCUT2D eigenvalue weighted by molar-refractivity contribution is -0.180. The van der Waals surface area contributed by atoms with Crippen molar-refractivity contribution in [3.05, 3.63) is 0 Å². The number of primary amides is 1. The molecule has 2 amide bonds. The van der Waals surface area contributed by atoms with Gasteiger partial charge in [-0.15, -0.1) is 0 Å². The van der Waals surface area contributed by atoms with E-state index in [2.05, 4.69) is 0 Å². The van der Waals surface area contributed by atoms with Gasteiger partial charge in [0.15, 0.2) is 0 Å². The average molecular weight is 437 g/mol. The minimum Gasteiger partial charge on any atom is -0.388 e. The highest BCUT2D eigenvalue weighted by Crippen LogP contribution is 2.51. The van der Waals surface area contributed by atoms with Gasteiger partial charge in [0.1, 0.15) is 5.41 Å². The third-order valence-corrected chi connectivity index (χ3v) is 8.27. The quantitative estimate of drug-likeness (QED) is 0.506. The smallest absolute Gasteiger partial charge is 0.238 e. The Kier molecular flexibility index (Phi) is 7.12. The summed E-state index contributed by atoms with van der Waals surface area (Å²) in [7, 11) is 0. The van der Waals surface area contributed by atoms with E-state index in [-0.39, 0.29) is 17.7 Å². The number of rotatable bonds is 8. The van der Waals surface area contributed by atoms with E-state index in [1.165, 1.54) is 0 Å². The van der Waals surface area contributed by atoms with Crippen LogP contribution in [0.1, 0.15) is 105 Å². The molecule has 3 fully saturated rings. The summed E-state index contributed by atoms with van der Waals surface area (Å²) in [4.78, 5) is 28.3. The van der Waals surface area contributed by atoms with Crippen LogP contribution in [0.3, 0.4) is 0 Å². The molecular weight excluding hydrogens is 392 g/mol. The van der Waals surface area contributed by atoms with Crippen LogP contribution in [0.2, 0.25) is 0 Å². The first-order chi connectivity index (χ1) is 14.5. The molecule has 3 aliphatic carbocycles. The van der Waals surface area contributed by atoms with Crippen molar-refractivity contribution < 1.29 is 19.8 Å². The van der Waals surface area contributed by atoms with Crippen molar-refractivity contribution in [1.29, 1.82) is 0 Å². The summed E-state index contributed by atoms with van der Waals surface area (Å²) < 4.78 is 0. The van der Waals surface area contributed by atoms with E-state index >= 15 is 0 Å². The Hall–Kier alpha value is -1.14. The maximum absolute atomic E-state index is 14.1. The zero-order chi connectivity index (χ0) is 23.0. The zero-order valence-corrected chi connectivity index (χ0v) is 20.0. The highest BCUT2D eigenvalue weighted by Gasteiger charge is 2.62. The van der Waals surface area contributed by atoms with Gasteiger partial charge in [-0.3, -0.25) is 9.59 Å². The van der Waals surface area contributed by atoms with Crippen LogP contribution in [0.15, 0.2) is 0 Å². The first kappa shape index (κ1) is 24.5. The van der Waals surface area contributed by atoms with E-state index in [0.29, 0.717) is 38.5 Å². The van der Waals surface area contributed by atoms with Gasteiger partial charge in [0.25, 0.3) is 0 Å². The van der Waals surface area contributed by atoms with Crippen LogP contribution < -0.4 is 5.73 Å². The van der Waals surface area contributed by atoms with Crippen LogP contribution in [-0.2, 0) is 9.59 Å². The minimum atomic E-state index is -1.17. The van der Waals surface area contributed by atoms with Gasteiger partial charge in [0.2, 0.25) is 11.8 Å². The summed E-state index contributed by atoms with van der Waals surface area (Å²) in [6, 6.07) is -0.897. The van der Waals surface area contributed by atoms with Crippen molar-refractivity contribution in [3.8, 4) is 0 Å². The number of nitrogens with zero attached hydrogens (tertiary/aromatic N) is 1. The summed E-state index contributed by atoms with van der Waals surface area (Å²) in [5, 5.41) is 23.7.